The molecule has 12 heteroatoms. The number of likely N-dealkylation sites (N-methyl/N-ethyl adjacent to an activating group) is 1. The maximum absolute atomic E-state index is 6.52. The number of rotatable bonds is 7. The summed E-state index contributed by atoms with van der Waals surface area (Å²) in [4.78, 5) is 12.4. The molecule has 0 bridgehead atoms. The molecule has 0 radical (unpaired) electrons. The van der Waals surface area contributed by atoms with Crippen LogP contribution in [-0.2, 0) is 0 Å². The summed E-state index contributed by atoms with van der Waals surface area (Å²) < 4.78 is 5.90. The SMILES string of the molecule is CC.CCN(C)CCOc1cc(-c2nc(N)nc3sc(-c4nn[nH]n4)cc23)c(Cl)cc1Cl. The standard InChI is InChI=1S/C18H18Cl2N8OS.C2H6/c1-3-28(2)4-5-29-13-6-9(11(19)8-12(13)20)15-10-7-14(16-24-26-27-25-16)30-17(10)23-18(21)22-15;1-2/h6-8H,3-5H2,1-2H3,(H2,21,22,23)(H,24,25,26,27);1-2H3. The molecule has 3 N–H and O–H groups in total. The molecule has 0 unspecified atom stereocenters. The lowest BCUT2D eigenvalue weighted by atomic mass is 10.1. The van der Waals surface area contributed by atoms with Gasteiger partial charge in [0.05, 0.1) is 20.6 Å². The molecule has 3 aromatic heterocycles. The number of benzene rings is 1. The number of ether oxygens (including phenoxy) is 1. The van der Waals surface area contributed by atoms with Crippen LogP contribution in [0.25, 0.3) is 32.2 Å². The van der Waals surface area contributed by atoms with Crippen LogP contribution in [0.4, 0.5) is 5.95 Å². The number of nitrogens with two attached hydrogens (primary N) is 1. The van der Waals surface area contributed by atoms with E-state index in [1.54, 1.807) is 12.1 Å². The van der Waals surface area contributed by atoms with Crippen LogP contribution in [0.3, 0.4) is 0 Å². The van der Waals surface area contributed by atoms with E-state index in [2.05, 4.69) is 42.4 Å². The Kier molecular flexibility index (Phi) is 8.19. The van der Waals surface area contributed by atoms with Crippen molar-refractivity contribution in [3.05, 3.63) is 28.2 Å². The van der Waals surface area contributed by atoms with Gasteiger partial charge in [0.2, 0.25) is 11.8 Å². The van der Waals surface area contributed by atoms with Crippen molar-refractivity contribution in [2.75, 3.05) is 32.5 Å². The van der Waals surface area contributed by atoms with Crippen LogP contribution >= 0.6 is 34.5 Å². The average molecular weight is 495 g/mol. The smallest absolute Gasteiger partial charge is 0.221 e. The first kappa shape index (κ1) is 24.1. The summed E-state index contributed by atoms with van der Waals surface area (Å²) in [7, 11) is 2.02. The van der Waals surface area contributed by atoms with Crippen LogP contribution in [-0.4, -0.2) is 62.2 Å². The number of nitrogens with one attached hydrogen (secondary N) is 1. The van der Waals surface area contributed by atoms with Gasteiger partial charge in [-0.2, -0.15) is 5.21 Å². The van der Waals surface area contributed by atoms with E-state index in [1.807, 2.05) is 27.0 Å². The second-order valence-corrected chi connectivity index (χ2v) is 8.35. The largest absolute Gasteiger partial charge is 0.491 e. The summed E-state index contributed by atoms with van der Waals surface area (Å²) in [6.07, 6.45) is 0. The molecule has 3 heterocycles. The monoisotopic (exact) mass is 494 g/mol. The van der Waals surface area contributed by atoms with Gasteiger partial charge in [-0.25, -0.2) is 9.97 Å². The minimum absolute atomic E-state index is 0.136. The molecule has 0 fully saturated rings. The first-order valence-corrected chi connectivity index (χ1v) is 11.6. The highest BCUT2D eigenvalue weighted by molar-refractivity contribution is 7.21. The number of anilines is 1. The number of H-pyrrole nitrogens is 1. The Balaban J connectivity index is 0.00000141. The molecule has 0 amide bonds. The Morgan fingerprint density at radius 2 is 1.94 bits per heavy atom. The normalized spacial score (nSPS) is 11.0. The van der Waals surface area contributed by atoms with Crippen molar-refractivity contribution >= 4 is 50.7 Å². The number of tetrazole rings is 1. The van der Waals surface area contributed by atoms with Crippen LogP contribution in [0.15, 0.2) is 18.2 Å². The Morgan fingerprint density at radius 3 is 2.62 bits per heavy atom. The van der Waals surface area contributed by atoms with Crippen molar-refractivity contribution in [2.45, 2.75) is 20.8 Å². The predicted octanol–water partition coefficient (Wildman–Crippen LogP) is 4.78. The lowest BCUT2D eigenvalue weighted by Crippen LogP contribution is -2.23. The van der Waals surface area contributed by atoms with E-state index < -0.39 is 0 Å². The highest BCUT2D eigenvalue weighted by Gasteiger charge is 2.19. The molecule has 4 aromatic rings. The predicted molar refractivity (Wildman–Crippen MR) is 130 cm³/mol. The summed E-state index contributed by atoms with van der Waals surface area (Å²) in [5.74, 6) is 1.13. The second kappa shape index (κ2) is 10.9. The quantitative estimate of drug-likeness (QED) is 0.376. The number of hydrogen-bond acceptors (Lipinski definition) is 9. The number of fused-ring (bicyclic) bond motifs is 1. The molecule has 9 nitrogen and oxygen atoms in total. The van der Waals surface area contributed by atoms with E-state index in [0.717, 1.165) is 23.4 Å². The van der Waals surface area contributed by atoms with Gasteiger partial charge in [0.25, 0.3) is 0 Å². The third-order valence-electron chi connectivity index (χ3n) is 4.52. The molecule has 1 aromatic carbocycles. The van der Waals surface area contributed by atoms with Crippen LogP contribution < -0.4 is 10.5 Å². The molecule has 0 aliphatic heterocycles. The molecule has 0 aliphatic carbocycles. The fourth-order valence-electron chi connectivity index (χ4n) is 2.81. The third-order valence-corrected chi connectivity index (χ3v) is 6.16. The van der Waals surface area contributed by atoms with Crippen LogP contribution in [0, 0.1) is 0 Å². The van der Waals surface area contributed by atoms with Crippen molar-refractivity contribution in [3.8, 4) is 27.7 Å². The lowest BCUT2D eigenvalue weighted by molar-refractivity contribution is 0.244. The number of aromatic amines is 1. The van der Waals surface area contributed by atoms with E-state index in [4.69, 9.17) is 33.7 Å². The number of halogens is 2. The van der Waals surface area contributed by atoms with Crippen molar-refractivity contribution in [1.29, 1.82) is 0 Å². The maximum Gasteiger partial charge on any atom is 0.221 e. The molecular weight excluding hydrogens is 471 g/mol. The molecule has 0 saturated heterocycles. The topological polar surface area (TPSA) is 119 Å². The molecular formula is C20H24Cl2N8OS. The Morgan fingerprint density at radius 1 is 1.16 bits per heavy atom. The number of aromatic nitrogens is 6. The van der Waals surface area contributed by atoms with Gasteiger partial charge in [-0.15, -0.1) is 21.5 Å². The molecule has 0 aliphatic rings. The first-order chi connectivity index (χ1) is 15.5. The fourth-order valence-corrected chi connectivity index (χ4v) is 4.31. The second-order valence-electron chi connectivity index (χ2n) is 6.50. The van der Waals surface area contributed by atoms with Crippen molar-refractivity contribution in [1.82, 2.24) is 35.5 Å². The van der Waals surface area contributed by atoms with Crippen LogP contribution in [0.2, 0.25) is 10.0 Å². The molecule has 0 atom stereocenters. The van der Waals surface area contributed by atoms with Gasteiger partial charge in [0, 0.05) is 17.5 Å². The molecule has 4 rings (SSSR count). The van der Waals surface area contributed by atoms with E-state index in [9.17, 15) is 0 Å². The van der Waals surface area contributed by atoms with Gasteiger partial charge in [-0.1, -0.05) is 44.0 Å². The highest BCUT2D eigenvalue weighted by Crippen LogP contribution is 2.41. The fraction of sp³-hybridized carbons (Fsp3) is 0.350. The number of nitrogens with zero attached hydrogens (tertiary/aromatic N) is 6. The van der Waals surface area contributed by atoms with Gasteiger partial charge in [0.15, 0.2) is 0 Å². The van der Waals surface area contributed by atoms with Crippen molar-refractivity contribution in [2.24, 2.45) is 0 Å². The van der Waals surface area contributed by atoms with E-state index in [-0.39, 0.29) is 5.95 Å². The number of hydrogen-bond donors (Lipinski definition) is 2. The van der Waals surface area contributed by atoms with Gasteiger partial charge in [0.1, 0.15) is 17.2 Å². The minimum atomic E-state index is 0.136. The summed E-state index contributed by atoms with van der Waals surface area (Å²) in [6, 6.07) is 5.32. The third kappa shape index (κ3) is 5.26. The van der Waals surface area contributed by atoms with Crippen molar-refractivity contribution < 1.29 is 4.74 Å². The number of nitrogen functional groups attached to an aromatic ring is 1. The molecule has 0 saturated carbocycles. The highest BCUT2D eigenvalue weighted by atomic mass is 35.5. The van der Waals surface area contributed by atoms with Gasteiger partial charge >= 0.3 is 0 Å². The summed E-state index contributed by atoms with van der Waals surface area (Å²) in [5, 5.41) is 15.7. The maximum atomic E-state index is 6.52. The van der Waals surface area contributed by atoms with E-state index in [0.29, 0.717) is 44.3 Å². The van der Waals surface area contributed by atoms with Crippen molar-refractivity contribution in [3.63, 3.8) is 0 Å². The molecule has 0 spiro atoms. The van der Waals surface area contributed by atoms with E-state index in [1.165, 1.54) is 11.3 Å². The Hall–Kier alpha value is -2.53. The minimum Gasteiger partial charge on any atom is -0.491 e. The van der Waals surface area contributed by atoms with Crippen LogP contribution in [0.1, 0.15) is 20.8 Å². The van der Waals surface area contributed by atoms with Gasteiger partial charge < -0.3 is 15.4 Å². The zero-order valence-electron chi connectivity index (χ0n) is 18.2. The van der Waals surface area contributed by atoms with E-state index >= 15 is 0 Å². The summed E-state index contributed by atoms with van der Waals surface area (Å²) in [6.45, 7) is 8.28. The summed E-state index contributed by atoms with van der Waals surface area (Å²) >= 11 is 14.3. The van der Waals surface area contributed by atoms with Gasteiger partial charge in [-0.05, 0) is 37.0 Å². The Labute approximate surface area is 199 Å². The molecule has 170 valence electrons. The summed E-state index contributed by atoms with van der Waals surface area (Å²) in [5.41, 5.74) is 7.20. The van der Waals surface area contributed by atoms with Gasteiger partial charge in [-0.3, -0.25) is 0 Å². The molecule has 32 heavy (non-hydrogen) atoms. The lowest BCUT2D eigenvalue weighted by Gasteiger charge is -2.16. The zero-order chi connectivity index (χ0) is 23.3. The zero-order valence-corrected chi connectivity index (χ0v) is 20.5. The Bertz CT molecular complexity index is 1180. The number of thiophene rings is 1. The average Bonchev–Trinajstić information content (AvgIpc) is 3.45. The van der Waals surface area contributed by atoms with Crippen LogP contribution in [0.5, 0.6) is 5.75 Å². The first-order valence-electron chi connectivity index (χ1n) is 10.1.